The Hall–Kier alpha value is -0.0800. The number of hydrogen-bond donors (Lipinski definition) is 1. The van der Waals surface area contributed by atoms with Crippen LogP contribution in [-0.4, -0.2) is 36.1 Å². The predicted molar refractivity (Wildman–Crippen MR) is 67.2 cm³/mol. The van der Waals surface area contributed by atoms with Crippen LogP contribution in [0.4, 0.5) is 0 Å². The first-order valence-electron chi connectivity index (χ1n) is 6.64. The minimum atomic E-state index is 0.676. The molecule has 0 aromatic rings. The van der Waals surface area contributed by atoms with E-state index in [0.717, 1.165) is 12.6 Å². The molecule has 0 spiro atoms. The Bertz CT molecular complexity index is 170. The van der Waals surface area contributed by atoms with Crippen LogP contribution in [0.2, 0.25) is 0 Å². The molecule has 2 nitrogen and oxygen atoms in total. The number of hydrogen-bond acceptors (Lipinski definition) is 2. The maximum absolute atomic E-state index is 3.64. The van der Waals surface area contributed by atoms with Gasteiger partial charge in [0.1, 0.15) is 0 Å². The van der Waals surface area contributed by atoms with Crippen LogP contribution >= 0.6 is 0 Å². The van der Waals surface area contributed by atoms with Gasteiger partial charge < -0.3 is 5.32 Å². The van der Waals surface area contributed by atoms with Crippen molar-refractivity contribution >= 4 is 0 Å². The van der Waals surface area contributed by atoms with Crippen LogP contribution in [0, 0.1) is 0 Å². The van der Waals surface area contributed by atoms with Crippen LogP contribution in [0.25, 0.3) is 0 Å². The van der Waals surface area contributed by atoms with Crippen LogP contribution in [0.15, 0.2) is 0 Å². The molecule has 1 N–H and O–H groups in total. The Balaban J connectivity index is 2.20. The van der Waals surface area contributed by atoms with E-state index in [1.54, 1.807) is 0 Å². The molecular weight excluding hydrogens is 184 g/mol. The van der Waals surface area contributed by atoms with E-state index in [9.17, 15) is 0 Å². The van der Waals surface area contributed by atoms with Crippen molar-refractivity contribution in [1.29, 1.82) is 0 Å². The second-order valence-corrected chi connectivity index (χ2v) is 5.18. The van der Waals surface area contributed by atoms with E-state index in [4.69, 9.17) is 0 Å². The fraction of sp³-hybridized carbons (Fsp3) is 1.00. The van der Waals surface area contributed by atoms with Gasteiger partial charge in [0.25, 0.3) is 0 Å². The summed E-state index contributed by atoms with van der Waals surface area (Å²) < 4.78 is 0. The van der Waals surface area contributed by atoms with Crippen molar-refractivity contribution in [2.24, 2.45) is 0 Å². The van der Waals surface area contributed by atoms with Gasteiger partial charge in [0.05, 0.1) is 0 Å². The molecule has 3 atom stereocenters. The summed E-state index contributed by atoms with van der Waals surface area (Å²) in [5.74, 6) is 0. The summed E-state index contributed by atoms with van der Waals surface area (Å²) in [6.07, 6.45) is 5.34. The molecule has 0 aromatic heterocycles. The highest BCUT2D eigenvalue weighted by atomic mass is 15.2. The molecule has 1 heterocycles. The van der Waals surface area contributed by atoms with Crippen LogP contribution in [0.1, 0.15) is 53.4 Å². The van der Waals surface area contributed by atoms with Crippen LogP contribution < -0.4 is 5.32 Å². The molecule has 0 aliphatic carbocycles. The van der Waals surface area contributed by atoms with Crippen molar-refractivity contribution in [3.05, 3.63) is 0 Å². The molecule has 2 heteroatoms. The molecule has 1 fully saturated rings. The standard InChI is InChI=1S/C13H28N2/c1-5-7-11(2)14-10-13(4)15-9-6-8-12(15)3/h11-14H,5-10H2,1-4H3. The highest BCUT2D eigenvalue weighted by Gasteiger charge is 2.24. The van der Waals surface area contributed by atoms with E-state index in [-0.39, 0.29) is 0 Å². The summed E-state index contributed by atoms with van der Waals surface area (Å²) in [6, 6.07) is 2.17. The third-order valence-electron chi connectivity index (χ3n) is 3.65. The lowest BCUT2D eigenvalue weighted by Gasteiger charge is -2.29. The van der Waals surface area contributed by atoms with Gasteiger partial charge in [0.15, 0.2) is 0 Å². The normalized spacial score (nSPS) is 26.8. The number of nitrogens with zero attached hydrogens (tertiary/aromatic N) is 1. The van der Waals surface area contributed by atoms with Gasteiger partial charge in [-0.05, 0) is 46.6 Å². The van der Waals surface area contributed by atoms with Crippen molar-refractivity contribution in [3.63, 3.8) is 0 Å². The van der Waals surface area contributed by atoms with Crippen molar-refractivity contribution in [2.75, 3.05) is 13.1 Å². The van der Waals surface area contributed by atoms with Crippen molar-refractivity contribution in [3.8, 4) is 0 Å². The number of rotatable bonds is 6. The topological polar surface area (TPSA) is 15.3 Å². The van der Waals surface area contributed by atoms with Gasteiger partial charge in [-0.1, -0.05) is 13.3 Å². The third kappa shape index (κ3) is 4.12. The zero-order valence-corrected chi connectivity index (χ0v) is 10.9. The summed E-state index contributed by atoms with van der Waals surface area (Å²) in [5, 5.41) is 3.64. The van der Waals surface area contributed by atoms with Gasteiger partial charge in [-0.2, -0.15) is 0 Å². The summed E-state index contributed by atoms with van der Waals surface area (Å²) in [5.41, 5.74) is 0. The Morgan fingerprint density at radius 1 is 1.40 bits per heavy atom. The number of nitrogens with one attached hydrogen (secondary N) is 1. The second-order valence-electron chi connectivity index (χ2n) is 5.18. The van der Waals surface area contributed by atoms with Crippen molar-refractivity contribution in [1.82, 2.24) is 10.2 Å². The zero-order valence-electron chi connectivity index (χ0n) is 10.9. The Labute approximate surface area is 95.4 Å². The Kier molecular flexibility index (Phi) is 5.62. The molecular formula is C13H28N2. The maximum atomic E-state index is 3.64. The lowest BCUT2D eigenvalue weighted by atomic mass is 10.1. The fourth-order valence-corrected chi connectivity index (χ4v) is 2.63. The summed E-state index contributed by atoms with van der Waals surface area (Å²) in [4.78, 5) is 2.64. The quantitative estimate of drug-likeness (QED) is 0.728. The fourth-order valence-electron chi connectivity index (χ4n) is 2.63. The van der Waals surface area contributed by atoms with Gasteiger partial charge in [0.2, 0.25) is 0 Å². The molecule has 0 amide bonds. The van der Waals surface area contributed by atoms with Crippen molar-refractivity contribution in [2.45, 2.75) is 71.5 Å². The molecule has 90 valence electrons. The Morgan fingerprint density at radius 3 is 2.67 bits per heavy atom. The minimum absolute atomic E-state index is 0.676. The van der Waals surface area contributed by atoms with E-state index in [2.05, 4.69) is 37.9 Å². The summed E-state index contributed by atoms with van der Waals surface area (Å²) in [7, 11) is 0. The second kappa shape index (κ2) is 6.49. The third-order valence-corrected chi connectivity index (χ3v) is 3.65. The molecule has 1 aliphatic heterocycles. The first-order chi connectivity index (χ1) is 7.15. The average Bonchev–Trinajstić information content (AvgIpc) is 2.61. The van der Waals surface area contributed by atoms with E-state index in [0.29, 0.717) is 12.1 Å². The van der Waals surface area contributed by atoms with E-state index >= 15 is 0 Å². The largest absolute Gasteiger partial charge is 0.313 e. The molecule has 1 saturated heterocycles. The summed E-state index contributed by atoms with van der Waals surface area (Å²) in [6.45, 7) is 11.7. The molecule has 0 radical (unpaired) electrons. The van der Waals surface area contributed by atoms with E-state index in [1.807, 2.05) is 0 Å². The average molecular weight is 212 g/mol. The van der Waals surface area contributed by atoms with Gasteiger partial charge in [0, 0.05) is 24.7 Å². The van der Waals surface area contributed by atoms with Gasteiger partial charge in [-0.25, -0.2) is 0 Å². The molecule has 0 aromatic carbocycles. The number of likely N-dealkylation sites (tertiary alicyclic amines) is 1. The van der Waals surface area contributed by atoms with Crippen LogP contribution in [0.5, 0.6) is 0 Å². The van der Waals surface area contributed by atoms with Gasteiger partial charge >= 0.3 is 0 Å². The van der Waals surface area contributed by atoms with Gasteiger partial charge in [-0.3, -0.25) is 4.90 Å². The smallest absolute Gasteiger partial charge is 0.0195 e. The lowest BCUT2D eigenvalue weighted by Crippen LogP contribution is -2.44. The van der Waals surface area contributed by atoms with Crippen molar-refractivity contribution < 1.29 is 0 Å². The first-order valence-corrected chi connectivity index (χ1v) is 6.64. The van der Waals surface area contributed by atoms with Crippen LogP contribution in [-0.2, 0) is 0 Å². The first kappa shape index (κ1) is 13.0. The van der Waals surface area contributed by atoms with Crippen LogP contribution in [0.3, 0.4) is 0 Å². The Morgan fingerprint density at radius 2 is 2.13 bits per heavy atom. The lowest BCUT2D eigenvalue weighted by molar-refractivity contribution is 0.194. The molecule has 0 saturated carbocycles. The molecule has 1 rings (SSSR count). The summed E-state index contributed by atoms with van der Waals surface area (Å²) >= 11 is 0. The van der Waals surface area contributed by atoms with E-state index in [1.165, 1.54) is 32.2 Å². The highest BCUT2D eigenvalue weighted by molar-refractivity contribution is 4.81. The maximum Gasteiger partial charge on any atom is 0.0195 e. The molecule has 15 heavy (non-hydrogen) atoms. The molecule has 3 unspecified atom stereocenters. The SMILES string of the molecule is CCCC(C)NCC(C)N1CCCC1C. The molecule has 0 bridgehead atoms. The minimum Gasteiger partial charge on any atom is -0.313 e. The molecule has 1 aliphatic rings. The zero-order chi connectivity index (χ0) is 11.3. The van der Waals surface area contributed by atoms with Gasteiger partial charge in [-0.15, -0.1) is 0 Å². The highest BCUT2D eigenvalue weighted by Crippen LogP contribution is 2.18. The van der Waals surface area contributed by atoms with E-state index < -0.39 is 0 Å². The predicted octanol–water partition coefficient (Wildman–Crippen LogP) is 2.64. The monoisotopic (exact) mass is 212 g/mol.